The Morgan fingerprint density at radius 1 is 1.28 bits per heavy atom. The van der Waals surface area contributed by atoms with Crippen LogP contribution in [0.4, 0.5) is 0 Å². The fraction of sp³-hybridized carbons (Fsp3) is 1.00. The summed E-state index contributed by atoms with van der Waals surface area (Å²) in [6, 6.07) is 0. The Hall–Kier alpha value is -0.120. The molecular weight excluding hydrogens is 222 g/mol. The van der Waals surface area contributed by atoms with Gasteiger partial charge in [0.05, 0.1) is 0 Å². The van der Waals surface area contributed by atoms with E-state index in [0.717, 1.165) is 12.5 Å². The third kappa shape index (κ3) is 4.22. The van der Waals surface area contributed by atoms with E-state index in [1.54, 1.807) is 0 Å². The molecule has 0 amide bonds. The third-order valence-electron chi connectivity index (χ3n) is 4.69. The molecule has 0 aromatic heterocycles. The van der Waals surface area contributed by atoms with E-state index in [1.807, 2.05) is 0 Å². The maximum absolute atomic E-state index is 6.14. The first-order valence-corrected chi connectivity index (χ1v) is 7.67. The number of nitrogens with zero attached hydrogens (tertiary/aromatic N) is 2. The van der Waals surface area contributed by atoms with Crippen LogP contribution < -0.4 is 5.73 Å². The quantitative estimate of drug-likeness (QED) is 0.789. The van der Waals surface area contributed by atoms with Crippen LogP contribution in [0.1, 0.15) is 46.5 Å². The minimum Gasteiger partial charge on any atom is -0.329 e. The molecule has 0 aliphatic carbocycles. The van der Waals surface area contributed by atoms with Crippen molar-refractivity contribution in [1.29, 1.82) is 0 Å². The Balaban J connectivity index is 2.60. The lowest BCUT2D eigenvalue weighted by atomic mass is 9.88. The van der Waals surface area contributed by atoms with Crippen LogP contribution in [0.25, 0.3) is 0 Å². The third-order valence-corrected chi connectivity index (χ3v) is 4.69. The van der Waals surface area contributed by atoms with Crippen molar-refractivity contribution in [3.8, 4) is 0 Å². The van der Waals surface area contributed by atoms with E-state index >= 15 is 0 Å². The summed E-state index contributed by atoms with van der Waals surface area (Å²) in [6.07, 6.45) is 5.05. The summed E-state index contributed by atoms with van der Waals surface area (Å²) in [7, 11) is 2.27. The summed E-state index contributed by atoms with van der Waals surface area (Å²) in [4.78, 5) is 5.11. The molecule has 0 aromatic rings. The summed E-state index contributed by atoms with van der Waals surface area (Å²) < 4.78 is 0. The minimum absolute atomic E-state index is 0.249. The first-order valence-electron chi connectivity index (χ1n) is 7.67. The van der Waals surface area contributed by atoms with Crippen molar-refractivity contribution >= 4 is 0 Å². The predicted molar refractivity (Wildman–Crippen MR) is 79.8 cm³/mol. The largest absolute Gasteiger partial charge is 0.329 e. The van der Waals surface area contributed by atoms with E-state index in [-0.39, 0.29) is 5.54 Å². The van der Waals surface area contributed by atoms with Crippen LogP contribution in [-0.2, 0) is 0 Å². The highest BCUT2D eigenvalue weighted by atomic mass is 15.2. The SMILES string of the molecule is CCN1CCCC(CN)(N(C)CCC(C)C)CC1. The molecule has 1 rings (SSSR count). The highest BCUT2D eigenvalue weighted by Crippen LogP contribution is 2.27. The van der Waals surface area contributed by atoms with Gasteiger partial charge in [-0.05, 0) is 64.8 Å². The van der Waals surface area contributed by atoms with Crippen LogP contribution in [-0.4, -0.2) is 55.1 Å². The smallest absolute Gasteiger partial charge is 0.0341 e. The van der Waals surface area contributed by atoms with Crippen molar-refractivity contribution in [1.82, 2.24) is 9.80 Å². The van der Waals surface area contributed by atoms with Crippen LogP contribution in [0.5, 0.6) is 0 Å². The van der Waals surface area contributed by atoms with E-state index < -0.39 is 0 Å². The molecule has 0 spiro atoms. The van der Waals surface area contributed by atoms with Crippen molar-refractivity contribution in [2.45, 2.75) is 52.0 Å². The number of likely N-dealkylation sites (tertiary alicyclic amines) is 1. The van der Waals surface area contributed by atoms with Gasteiger partial charge < -0.3 is 10.6 Å². The Morgan fingerprint density at radius 3 is 2.56 bits per heavy atom. The summed E-state index contributed by atoms with van der Waals surface area (Å²) in [6.45, 7) is 12.5. The second-order valence-electron chi connectivity index (χ2n) is 6.32. The normalized spacial score (nSPS) is 26.8. The van der Waals surface area contributed by atoms with Gasteiger partial charge in [-0.25, -0.2) is 0 Å². The van der Waals surface area contributed by atoms with Crippen LogP contribution in [0.2, 0.25) is 0 Å². The maximum atomic E-state index is 6.14. The van der Waals surface area contributed by atoms with Crippen molar-refractivity contribution in [3.05, 3.63) is 0 Å². The number of rotatable bonds is 6. The lowest BCUT2D eigenvalue weighted by Crippen LogP contribution is -2.53. The molecular formula is C15H33N3. The van der Waals surface area contributed by atoms with E-state index in [0.29, 0.717) is 0 Å². The molecule has 3 heteroatoms. The van der Waals surface area contributed by atoms with Gasteiger partial charge in [0.15, 0.2) is 0 Å². The number of nitrogens with two attached hydrogens (primary N) is 1. The Labute approximate surface area is 114 Å². The Morgan fingerprint density at radius 2 is 2.00 bits per heavy atom. The molecule has 0 bridgehead atoms. The van der Waals surface area contributed by atoms with Gasteiger partial charge in [-0.3, -0.25) is 4.90 Å². The van der Waals surface area contributed by atoms with Crippen molar-refractivity contribution < 1.29 is 0 Å². The second kappa shape index (κ2) is 7.46. The minimum atomic E-state index is 0.249. The van der Waals surface area contributed by atoms with Gasteiger partial charge in [0.1, 0.15) is 0 Å². The zero-order chi connectivity index (χ0) is 13.6. The summed E-state index contributed by atoms with van der Waals surface area (Å²) >= 11 is 0. The maximum Gasteiger partial charge on any atom is 0.0341 e. The van der Waals surface area contributed by atoms with Crippen molar-refractivity contribution in [2.24, 2.45) is 11.7 Å². The highest BCUT2D eigenvalue weighted by Gasteiger charge is 2.34. The second-order valence-corrected chi connectivity index (χ2v) is 6.32. The molecule has 2 N–H and O–H groups in total. The molecule has 3 nitrogen and oxygen atoms in total. The van der Waals surface area contributed by atoms with Gasteiger partial charge in [0.2, 0.25) is 0 Å². The molecule has 1 aliphatic rings. The summed E-state index contributed by atoms with van der Waals surface area (Å²) in [5, 5.41) is 0. The fourth-order valence-corrected chi connectivity index (χ4v) is 2.98. The molecule has 0 aromatic carbocycles. The highest BCUT2D eigenvalue weighted by molar-refractivity contribution is 4.93. The number of hydrogen-bond donors (Lipinski definition) is 1. The standard InChI is InChI=1S/C15H33N3/c1-5-18-10-6-8-15(13-16,9-12-18)17(4)11-7-14(2)3/h14H,5-13,16H2,1-4H3. The zero-order valence-corrected chi connectivity index (χ0v) is 12.9. The zero-order valence-electron chi connectivity index (χ0n) is 12.9. The Kier molecular flexibility index (Phi) is 6.61. The van der Waals surface area contributed by atoms with Crippen molar-refractivity contribution in [3.63, 3.8) is 0 Å². The van der Waals surface area contributed by atoms with Gasteiger partial charge in [-0.2, -0.15) is 0 Å². The molecule has 0 radical (unpaired) electrons. The lowest BCUT2D eigenvalue weighted by molar-refractivity contribution is 0.102. The topological polar surface area (TPSA) is 32.5 Å². The molecule has 1 heterocycles. The monoisotopic (exact) mass is 255 g/mol. The number of likely N-dealkylation sites (N-methyl/N-ethyl adjacent to an activating group) is 1. The average molecular weight is 255 g/mol. The van der Waals surface area contributed by atoms with Crippen LogP contribution in [0, 0.1) is 5.92 Å². The molecule has 1 unspecified atom stereocenters. The van der Waals surface area contributed by atoms with Gasteiger partial charge in [0.25, 0.3) is 0 Å². The van der Waals surface area contributed by atoms with Crippen LogP contribution >= 0.6 is 0 Å². The van der Waals surface area contributed by atoms with E-state index in [9.17, 15) is 0 Å². The molecule has 0 saturated carbocycles. The average Bonchev–Trinajstić information content (AvgIpc) is 2.58. The van der Waals surface area contributed by atoms with Crippen LogP contribution in [0.3, 0.4) is 0 Å². The molecule has 1 aliphatic heterocycles. The molecule has 1 saturated heterocycles. The van der Waals surface area contributed by atoms with E-state index in [4.69, 9.17) is 5.73 Å². The first kappa shape index (κ1) is 15.9. The molecule has 1 fully saturated rings. The van der Waals surface area contributed by atoms with Crippen molar-refractivity contribution in [2.75, 3.05) is 39.8 Å². The first-order chi connectivity index (χ1) is 8.54. The van der Waals surface area contributed by atoms with E-state index in [1.165, 1.54) is 51.9 Å². The van der Waals surface area contributed by atoms with Gasteiger partial charge in [-0.1, -0.05) is 20.8 Å². The van der Waals surface area contributed by atoms with Gasteiger partial charge in [-0.15, -0.1) is 0 Å². The predicted octanol–water partition coefficient (Wildman–Crippen LogP) is 2.17. The molecule has 108 valence electrons. The summed E-state index contributed by atoms with van der Waals surface area (Å²) in [5.74, 6) is 0.778. The van der Waals surface area contributed by atoms with Crippen LogP contribution in [0.15, 0.2) is 0 Å². The Bertz CT molecular complexity index is 230. The lowest BCUT2D eigenvalue weighted by Gasteiger charge is -2.41. The number of hydrogen-bond acceptors (Lipinski definition) is 3. The van der Waals surface area contributed by atoms with Gasteiger partial charge in [0, 0.05) is 12.1 Å². The van der Waals surface area contributed by atoms with Gasteiger partial charge >= 0.3 is 0 Å². The fourth-order valence-electron chi connectivity index (χ4n) is 2.98. The molecule has 18 heavy (non-hydrogen) atoms. The summed E-state index contributed by atoms with van der Waals surface area (Å²) in [5.41, 5.74) is 6.39. The molecule has 1 atom stereocenters. The van der Waals surface area contributed by atoms with E-state index in [2.05, 4.69) is 37.6 Å².